The van der Waals surface area contributed by atoms with E-state index in [9.17, 15) is 9.90 Å². The number of rotatable bonds is 13. The average molecular weight is 505 g/mol. The highest BCUT2D eigenvalue weighted by atomic mass is 16.8. The van der Waals surface area contributed by atoms with Gasteiger partial charge in [0.1, 0.15) is 24.4 Å². The van der Waals surface area contributed by atoms with Crippen LogP contribution in [-0.4, -0.2) is 59.8 Å². The first-order valence-corrected chi connectivity index (χ1v) is 14.0. The number of carbonyl (C=O) groups excluding carboxylic acids is 1. The highest BCUT2D eigenvalue weighted by Crippen LogP contribution is 2.41. The van der Waals surface area contributed by atoms with Crippen LogP contribution in [0.25, 0.3) is 0 Å². The third kappa shape index (κ3) is 7.07. The van der Waals surface area contributed by atoms with Gasteiger partial charge in [0, 0.05) is 0 Å². The minimum atomic E-state index is -0.821. The van der Waals surface area contributed by atoms with Gasteiger partial charge in [0.25, 0.3) is 0 Å². The topological polar surface area (TPSA) is 83.5 Å². The molecule has 0 saturated carbocycles. The van der Waals surface area contributed by atoms with Gasteiger partial charge in [0.2, 0.25) is 0 Å². The average Bonchev–Trinajstić information content (AvgIpc) is 3.54. The lowest BCUT2D eigenvalue weighted by Crippen LogP contribution is -2.42. The van der Waals surface area contributed by atoms with Crippen LogP contribution in [0.5, 0.6) is 0 Å². The van der Waals surface area contributed by atoms with Crippen molar-refractivity contribution in [2.75, 3.05) is 0 Å². The van der Waals surface area contributed by atoms with Crippen molar-refractivity contribution >= 4 is 5.97 Å². The standard InChI is InChI=1S/C29H44O7/c1-4-5-6-7-8-9-10-14-17-21(33-27(31)20-15-12-11-13-16-20)22-18-19-23(32-22)25-24(30)26-28(34-25)36-29(2,3)35-26/h11-13,15-16,21-26,28,30H,4-10,14,17-19H2,1-3H3/t21-,22-,23-,24+,25-,26-,28-/m1/s1. The molecule has 0 amide bonds. The van der Waals surface area contributed by atoms with Crippen LogP contribution in [-0.2, 0) is 23.7 Å². The number of benzene rings is 1. The van der Waals surface area contributed by atoms with E-state index in [1.54, 1.807) is 12.1 Å². The maximum absolute atomic E-state index is 12.9. The Kier molecular flexibility index (Phi) is 9.81. The fraction of sp³-hybridized carbons (Fsp3) is 0.759. The van der Waals surface area contributed by atoms with E-state index in [1.165, 1.54) is 38.5 Å². The summed E-state index contributed by atoms with van der Waals surface area (Å²) >= 11 is 0. The largest absolute Gasteiger partial charge is 0.456 e. The predicted octanol–water partition coefficient (Wildman–Crippen LogP) is 5.53. The molecule has 1 aromatic rings. The number of ether oxygens (including phenoxy) is 5. The molecule has 0 aliphatic carbocycles. The molecule has 3 heterocycles. The van der Waals surface area contributed by atoms with Crippen LogP contribution in [0.4, 0.5) is 0 Å². The zero-order valence-corrected chi connectivity index (χ0v) is 22.1. The highest BCUT2D eigenvalue weighted by molar-refractivity contribution is 5.89. The van der Waals surface area contributed by atoms with Crippen molar-refractivity contribution in [1.82, 2.24) is 0 Å². The number of aliphatic hydroxyl groups is 1. The lowest BCUT2D eigenvalue weighted by Gasteiger charge is -2.28. The molecule has 0 unspecified atom stereocenters. The Labute approximate surface area is 215 Å². The van der Waals surface area contributed by atoms with Crippen LogP contribution in [0.15, 0.2) is 30.3 Å². The number of unbranched alkanes of at least 4 members (excludes halogenated alkanes) is 7. The fourth-order valence-electron chi connectivity index (χ4n) is 5.61. The summed E-state index contributed by atoms with van der Waals surface area (Å²) in [7, 11) is 0. The van der Waals surface area contributed by atoms with E-state index in [0.717, 1.165) is 32.1 Å². The van der Waals surface area contributed by atoms with E-state index in [1.807, 2.05) is 32.0 Å². The van der Waals surface area contributed by atoms with E-state index in [4.69, 9.17) is 23.7 Å². The SMILES string of the molecule is CCCCCCCCCC[C@@H](OC(=O)c1ccccc1)[C@H]1CC[C@H]([C@H]2O[C@@H]3OC(C)(C)O[C@@H]3[C@H]2O)O1. The second-order valence-corrected chi connectivity index (χ2v) is 10.9. The Balaban J connectivity index is 1.31. The van der Waals surface area contributed by atoms with Gasteiger partial charge in [-0.05, 0) is 51.7 Å². The fourth-order valence-corrected chi connectivity index (χ4v) is 5.61. The zero-order chi connectivity index (χ0) is 25.5. The maximum Gasteiger partial charge on any atom is 0.338 e. The third-order valence-corrected chi connectivity index (χ3v) is 7.53. The van der Waals surface area contributed by atoms with E-state index in [0.29, 0.717) is 5.56 Å². The van der Waals surface area contributed by atoms with Gasteiger partial charge in [-0.15, -0.1) is 0 Å². The van der Waals surface area contributed by atoms with Crippen LogP contribution in [0.1, 0.15) is 102 Å². The van der Waals surface area contributed by atoms with Gasteiger partial charge in [-0.3, -0.25) is 0 Å². The molecule has 3 fully saturated rings. The monoisotopic (exact) mass is 504 g/mol. The summed E-state index contributed by atoms with van der Waals surface area (Å²) in [4.78, 5) is 12.9. The number of carbonyl (C=O) groups is 1. The summed E-state index contributed by atoms with van der Waals surface area (Å²) in [5, 5.41) is 10.9. The van der Waals surface area contributed by atoms with Gasteiger partial charge in [0.05, 0.1) is 17.8 Å². The molecule has 7 nitrogen and oxygen atoms in total. The lowest BCUT2D eigenvalue weighted by molar-refractivity contribution is -0.229. The first-order chi connectivity index (χ1) is 17.4. The van der Waals surface area contributed by atoms with Crippen molar-refractivity contribution in [2.24, 2.45) is 0 Å². The Morgan fingerprint density at radius 3 is 2.36 bits per heavy atom. The molecule has 0 spiro atoms. The Morgan fingerprint density at radius 1 is 0.972 bits per heavy atom. The number of hydrogen-bond acceptors (Lipinski definition) is 7. The first-order valence-electron chi connectivity index (χ1n) is 14.0. The van der Waals surface area contributed by atoms with Crippen LogP contribution in [0.3, 0.4) is 0 Å². The Hall–Kier alpha value is -1.51. The third-order valence-electron chi connectivity index (χ3n) is 7.53. The molecule has 202 valence electrons. The van der Waals surface area contributed by atoms with Crippen molar-refractivity contribution in [1.29, 1.82) is 0 Å². The van der Waals surface area contributed by atoms with Crippen LogP contribution < -0.4 is 0 Å². The summed E-state index contributed by atoms with van der Waals surface area (Å²) in [6.45, 7) is 5.87. The van der Waals surface area contributed by atoms with Crippen molar-refractivity contribution in [3.05, 3.63) is 35.9 Å². The molecule has 7 heteroatoms. The van der Waals surface area contributed by atoms with Crippen LogP contribution in [0, 0.1) is 0 Å². The van der Waals surface area contributed by atoms with Crippen molar-refractivity contribution in [2.45, 2.75) is 140 Å². The van der Waals surface area contributed by atoms with Gasteiger partial charge in [0.15, 0.2) is 12.1 Å². The molecular formula is C29H44O7. The molecule has 3 aliphatic heterocycles. The predicted molar refractivity (Wildman–Crippen MR) is 135 cm³/mol. The van der Waals surface area contributed by atoms with Crippen molar-refractivity contribution < 1.29 is 33.6 Å². The van der Waals surface area contributed by atoms with Gasteiger partial charge in [-0.1, -0.05) is 70.1 Å². The highest BCUT2D eigenvalue weighted by Gasteiger charge is 2.57. The molecule has 36 heavy (non-hydrogen) atoms. The number of fused-ring (bicyclic) bond motifs is 1. The molecule has 1 aromatic carbocycles. The summed E-state index contributed by atoms with van der Waals surface area (Å²) in [6, 6.07) is 9.12. The summed E-state index contributed by atoms with van der Waals surface area (Å²) < 4.78 is 30.0. The zero-order valence-electron chi connectivity index (χ0n) is 22.1. The lowest BCUT2D eigenvalue weighted by atomic mass is 10.00. The Bertz CT molecular complexity index is 813. The molecule has 4 rings (SSSR count). The van der Waals surface area contributed by atoms with E-state index >= 15 is 0 Å². The van der Waals surface area contributed by atoms with Gasteiger partial charge < -0.3 is 28.8 Å². The van der Waals surface area contributed by atoms with Gasteiger partial charge >= 0.3 is 5.97 Å². The van der Waals surface area contributed by atoms with Gasteiger partial charge in [-0.2, -0.15) is 0 Å². The van der Waals surface area contributed by atoms with Crippen molar-refractivity contribution in [3.8, 4) is 0 Å². The number of aliphatic hydroxyl groups excluding tert-OH is 1. The molecule has 3 saturated heterocycles. The van der Waals surface area contributed by atoms with Gasteiger partial charge in [-0.25, -0.2) is 4.79 Å². The maximum atomic E-state index is 12.9. The normalized spacial score (nSPS) is 31.9. The minimum absolute atomic E-state index is 0.221. The molecule has 7 atom stereocenters. The smallest absolute Gasteiger partial charge is 0.338 e. The Morgan fingerprint density at radius 2 is 1.67 bits per heavy atom. The number of hydrogen-bond donors (Lipinski definition) is 1. The summed E-state index contributed by atoms with van der Waals surface area (Å²) in [6.07, 6.45) is 8.74. The second-order valence-electron chi connectivity index (χ2n) is 10.9. The summed E-state index contributed by atoms with van der Waals surface area (Å²) in [5.74, 6) is -1.09. The van der Waals surface area contributed by atoms with E-state index in [2.05, 4.69) is 6.92 Å². The van der Waals surface area contributed by atoms with E-state index < -0.39 is 30.4 Å². The molecule has 0 aromatic heterocycles. The molecule has 0 radical (unpaired) electrons. The number of esters is 1. The molecular weight excluding hydrogens is 460 g/mol. The summed E-state index contributed by atoms with van der Waals surface area (Å²) in [5.41, 5.74) is 0.548. The quantitative estimate of drug-likeness (QED) is 0.279. The van der Waals surface area contributed by atoms with E-state index in [-0.39, 0.29) is 24.3 Å². The minimum Gasteiger partial charge on any atom is -0.456 e. The molecule has 0 bridgehead atoms. The molecule has 1 N–H and O–H groups in total. The van der Waals surface area contributed by atoms with Crippen LogP contribution in [0.2, 0.25) is 0 Å². The van der Waals surface area contributed by atoms with Crippen molar-refractivity contribution in [3.63, 3.8) is 0 Å². The van der Waals surface area contributed by atoms with Crippen LogP contribution >= 0.6 is 0 Å². The second kappa shape index (κ2) is 12.8. The molecule has 3 aliphatic rings. The first kappa shape index (κ1) is 27.5.